The van der Waals surface area contributed by atoms with Gasteiger partial charge < -0.3 is 17.3 Å². The number of aryl methyl sites for hydroxylation is 1. The summed E-state index contributed by atoms with van der Waals surface area (Å²) in [5.74, 6) is 1.74. The zero-order valence-corrected chi connectivity index (χ0v) is 19.5. The summed E-state index contributed by atoms with van der Waals surface area (Å²) >= 11 is 0. The Labute approximate surface area is 207 Å². The monoisotopic (exact) mass is 486 g/mol. The molecule has 0 fully saturated rings. The average molecular weight is 486 g/mol. The third-order valence-electron chi connectivity index (χ3n) is 5.50. The van der Waals surface area contributed by atoms with Crippen LogP contribution in [0.15, 0.2) is 126 Å². The van der Waals surface area contributed by atoms with E-state index in [0.29, 0.717) is 0 Å². The summed E-state index contributed by atoms with van der Waals surface area (Å²) in [6.45, 7) is 2.10. The number of benzene rings is 4. The van der Waals surface area contributed by atoms with Crippen molar-refractivity contribution in [1.29, 1.82) is 0 Å². The molecule has 0 aliphatic carbocycles. The van der Waals surface area contributed by atoms with Crippen molar-refractivity contribution in [3.8, 4) is 44.9 Å². The minimum Gasteiger partial charge on any atom is -0.418 e. The molecule has 1 nitrogen and oxygen atoms in total. The number of halogens is 4. The van der Waals surface area contributed by atoms with Crippen molar-refractivity contribution in [1.82, 2.24) is 0 Å². The summed E-state index contributed by atoms with van der Waals surface area (Å²) in [5, 5.41) is 0. The summed E-state index contributed by atoms with van der Waals surface area (Å²) in [5.41, 5.74) is 7.94. The minimum atomic E-state index is -6.00. The first-order valence-electron chi connectivity index (χ1n) is 11.4. The fraction of sp³-hybridized carbons (Fsp3) is 0.0333. The van der Waals surface area contributed by atoms with Crippen LogP contribution in [0.2, 0.25) is 0 Å². The lowest BCUT2D eigenvalue weighted by Gasteiger charge is -2.10. The van der Waals surface area contributed by atoms with Gasteiger partial charge in [-0.15, -0.1) is 0 Å². The van der Waals surface area contributed by atoms with Gasteiger partial charge in [-0.2, -0.15) is 0 Å². The van der Waals surface area contributed by atoms with E-state index in [2.05, 4.69) is 116 Å². The summed E-state index contributed by atoms with van der Waals surface area (Å²) < 4.78 is 45.6. The maximum absolute atomic E-state index is 9.75. The molecule has 0 spiro atoms. The second-order valence-corrected chi connectivity index (χ2v) is 8.19. The molecule has 0 radical (unpaired) electrons. The van der Waals surface area contributed by atoms with Gasteiger partial charge in [0.05, 0.1) is 22.8 Å². The summed E-state index contributed by atoms with van der Waals surface area (Å²) in [6, 6.07) is 42.1. The minimum absolute atomic E-state index is 0.859. The highest BCUT2D eigenvalue weighted by molar-refractivity contribution is 6.50. The zero-order chi connectivity index (χ0) is 25.5. The van der Waals surface area contributed by atoms with E-state index in [9.17, 15) is 17.3 Å². The van der Waals surface area contributed by atoms with E-state index in [1.807, 2.05) is 12.1 Å². The first-order chi connectivity index (χ1) is 17.3. The topological polar surface area (TPSA) is 11.3 Å². The van der Waals surface area contributed by atoms with Crippen LogP contribution in [0.1, 0.15) is 5.56 Å². The molecule has 4 aromatic carbocycles. The Morgan fingerprint density at radius 3 is 1.47 bits per heavy atom. The standard InChI is InChI=1S/C30H23O.BF4/c1-22-17-19-24(20-18-22)28-21-27(23-11-5-2-6-12-23)29(25-13-7-3-8-14-25)30(31-28)26-15-9-4-10-16-26;2-1(3,4)5/h2-21H,1H3;/q+1;-1. The summed E-state index contributed by atoms with van der Waals surface area (Å²) in [7, 11) is -6.00. The third-order valence-corrected chi connectivity index (χ3v) is 5.50. The first kappa shape index (κ1) is 24.9. The zero-order valence-electron chi connectivity index (χ0n) is 19.5. The predicted molar refractivity (Wildman–Crippen MR) is 140 cm³/mol. The van der Waals surface area contributed by atoms with Gasteiger partial charge in [-0.3, -0.25) is 0 Å². The molecule has 36 heavy (non-hydrogen) atoms. The smallest absolute Gasteiger partial charge is 0.418 e. The lowest BCUT2D eigenvalue weighted by Crippen LogP contribution is -2.02. The van der Waals surface area contributed by atoms with Gasteiger partial charge in [-0.05, 0) is 42.3 Å². The van der Waals surface area contributed by atoms with Crippen LogP contribution in [0.25, 0.3) is 44.9 Å². The van der Waals surface area contributed by atoms with Crippen molar-refractivity contribution in [2.45, 2.75) is 6.92 Å². The van der Waals surface area contributed by atoms with Gasteiger partial charge in [0.1, 0.15) is 0 Å². The van der Waals surface area contributed by atoms with Crippen LogP contribution in [0, 0.1) is 6.92 Å². The molecule has 0 amide bonds. The highest BCUT2D eigenvalue weighted by Gasteiger charge is 2.28. The van der Waals surface area contributed by atoms with E-state index in [-0.39, 0.29) is 0 Å². The molecule has 0 bridgehead atoms. The van der Waals surface area contributed by atoms with Crippen molar-refractivity contribution in [2.75, 3.05) is 0 Å². The van der Waals surface area contributed by atoms with Crippen LogP contribution < -0.4 is 0 Å². The lowest BCUT2D eigenvalue weighted by atomic mass is 9.91. The van der Waals surface area contributed by atoms with E-state index < -0.39 is 7.25 Å². The van der Waals surface area contributed by atoms with E-state index >= 15 is 0 Å². The SMILES string of the molecule is Cc1ccc(-c2cc(-c3ccccc3)c(-c3ccccc3)c(-c3ccccc3)[o+]2)cc1.F[B-](F)(F)F. The van der Waals surface area contributed by atoms with Crippen LogP contribution in [0.3, 0.4) is 0 Å². The highest BCUT2D eigenvalue weighted by Crippen LogP contribution is 2.43. The molecule has 180 valence electrons. The molecule has 6 heteroatoms. The van der Waals surface area contributed by atoms with Gasteiger partial charge in [0.2, 0.25) is 0 Å². The van der Waals surface area contributed by atoms with Crippen LogP contribution >= 0.6 is 0 Å². The van der Waals surface area contributed by atoms with Gasteiger partial charge in [0.25, 0.3) is 0 Å². The molecule has 0 unspecified atom stereocenters. The van der Waals surface area contributed by atoms with Crippen LogP contribution in [-0.4, -0.2) is 7.25 Å². The maximum Gasteiger partial charge on any atom is 0.673 e. The molecule has 0 N–H and O–H groups in total. The fourth-order valence-corrected chi connectivity index (χ4v) is 3.91. The van der Waals surface area contributed by atoms with Crippen molar-refractivity contribution in [3.05, 3.63) is 127 Å². The molecule has 0 aliphatic rings. The molecule has 5 aromatic rings. The normalized spacial score (nSPS) is 10.9. The quantitative estimate of drug-likeness (QED) is 0.140. The van der Waals surface area contributed by atoms with Gasteiger partial charge in [0, 0.05) is 5.56 Å². The largest absolute Gasteiger partial charge is 0.673 e. The second-order valence-electron chi connectivity index (χ2n) is 8.19. The molecular formula is C30H23BF4O. The maximum atomic E-state index is 9.75. The van der Waals surface area contributed by atoms with Gasteiger partial charge in [-0.25, -0.2) is 4.42 Å². The summed E-state index contributed by atoms with van der Waals surface area (Å²) in [4.78, 5) is 0. The van der Waals surface area contributed by atoms with Crippen LogP contribution in [-0.2, 0) is 0 Å². The Bertz CT molecular complexity index is 1340. The molecule has 0 aliphatic heterocycles. The van der Waals surface area contributed by atoms with E-state index in [1.54, 1.807) is 0 Å². The summed E-state index contributed by atoms with van der Waals surface area (Å²) in [6.07, 6.45) is 0. The molecular weight excluding hydrogens is 463 g/mol. The van der Waals surface area contributed by atoms with Crippen molar-refractivity contribution in [2.24, 2.45) is 0 Å². The third kappa shape index (κ3) is 6.48. The van der Waals surface area contributed by atoms with E-state index in [0.717, 1.165) is 39.3 Å². The van der Waals surface area contributed by atoms with Crippen LogP contribution in [0.4, 0.5) is 17.3 Å². The first-order valence-corrected chi connectivity index (χ1v) is 11.4. The molecule has 1 heterocycles. The molecule has 0 saturated heterocycles. The van der Waals surface area contributed by atoms with E-state index in [4.69, 9.17) is 4.42 Å². The van der Waals surface area contributed by atoms with Gasteiger partial charge in [-0.1, -0.05) is 96.6 Å². The Balaban J connectivity index is 0.000000556. The number of hydrogen-bond donors (Lipinski definition) is 0. The fourth-order valence-electron chi connectivity index (χ4n) is 3.91. The molecule has 0 saturated carbocycles. The van der Waals surface area contributed by atoms with Crippen molar-refractivity contribution >= 4 is 7.25 Å². The Morgan fingerprint density at radius 2 is 0.972 bits per heavy atom. The van der Waals surface area contributed by atoms with Gasteiger partial charge in [0.15, 0.2) is 0 Å². The highest BCUT2D eigenvalue weighted by atomic mass is 19.5. The molecule has 1 aromatic heterocycles. The van der Waals surface area contributed by atoms with E-state index in [1.165, 1.54) is 11.1 Å². The van der Waals surface area contributed by atoms with Gasteiger partial charge >= 0.3 is 18.8 Å². The molecule has 0 atom stereocenters. The lowest BCUT2D eigenvalue weighted by molar-refractivity contribution is 0.368. The predicted octanol–water partition coefficient (Wildman–Crippen LogP) is 9.84. The van der Waals surface area contributed by atoms with Crippen molar-refractivity contribution < 1.29 is 21.7 Å². The van der Waals surface area contributed by atoms with Crippen LogP contribution in [0.5, 0.6) is 0 Å². The number of hydrogen-bond acceptors (Lipinski definition) is 0. The van der Waals surface area contributed by atoms with Crippen molar-refractivity contribution in [3.63, 3.8) is 0 Å². The molecule has 5 rings (SSSR count). The Kier molecular flexibility index (Phi) is 7.64. The Hall–Kier alpha value is -4.19. The number of rotatable bonds is 4. The Morgan fingerprint density at radius 1 is 0.528 bits per heavy atom. The second kappa shape index (κ2) is 11.0. The average Bonchev–Trinajstić information content (AvgIpc) is 2.89.